The largest absolute Gasteiger partial charge is 0.370 e. The van der Waals surface area contributed by atoms with Crippen LogP contribution in [0.1, 0.15) is 135 Å². The number of aliphatic imine (C=N–C) groups is 1. The molecule has 33 heavy (non-hydrogen) atoms. The molecule has 0 aliphatic rings. The molecule has 0 bridgehead atoms. The highest BCUT2D eigenvalue weighted by atomic mass is 16.2. The van der Waals surface area contributed by atoms with Gasteiger partial charge in [0, 0.05) is 13.0 Å². The molecular weight excluding hydrogens is 414 g/mol. The predicted molar refractivity (Wildman–Crippen MR) is 140 cm³/mol. The molecule has 0 heterocycles. The Morgan fingerprint density at radius 2 is 1.12 bits per heavy atom. The molecule has 0 aromatic carbocycles. The van der Waals surface area contributed by atoms with E-state index in [0.29, 0.717) is 25.8 Å². The Kier molecular flexibility index (Phi) is 22.4. The van der Waals surface area contributed by atoms with Crippen molar-refractivity contribution in [3.8, 4) is 0 Å². The van der Waals surface area contributed by atoms with E-state index in [1.54, 1.807) is 0 Å². The Labute approximate surface area is 203 Å². The molecule has 0 radical (unpaired) electrons. The third-order valence-corrected chi connectivity index (χ3v) is 6.07. The lowest BCUT2D eigenvalue weighted by Gasteiger charge is -2.10. The quantitative estimate of drug-likeness (QED) is 0.0946. The SMILES string of the molecule is CCCCCCCCCCCCCCCCCCCC(=O)NC(=O)[C@@H](N)CCCN=C(N)N. The van der Waals surface area contributed by atoms with Gasteiger partial charge in [0.15, 0.2) is 5.96 Å². The van der Waals surface area contributed by atoms with E-state index in [-0.39, 0.29) is 11.9 Å². The van der Waals surface area contributed by atoms with E-state index in [1.165, 1.54) is 89.9 Å². The molecule has 0 aromatic heterocycles. The van der Waals surface area contributed by atoms with Crippen LogP contribution in [0.3, 0.4) is 0 Å². The number of carbonyl (C=O) groups is 2. The van der Waals surface area contributed by atoms with Gasteiger partial charge in [0.25, 0.3) is 0 Å². The number of unbranched alkanes of at least 4 members (excludes halogenated alkanes) is 16. The fourth-order valence-electron chi connectivity index (χ4n) is 3.95. The number of hydrogen-bond donors (Lipinski definition) is 4. The van der Waals surface area contributed by atoms with Crippen molar-refractivity contribution >= 4 is 17.8 Å². The zero-order valence-corrected chi connectivity index (χ0v) is 21.4. The van der Waals surface area contributed by atoms with Gasteiger partial charge in [-0.1, -0.05) is 110 Å². The molecular formula is C26H53N5O2. The Bertz CT molecular complexity index is 507. The molecule has 0 spiro atoms. The monoisotopic (exact) mass is 467 g/mol. The number of imide groups is 1. The zero-order chi connectivity index (χ0) is 24.6. The van der Waals surface area contributed by atoms with E-state index in [2.05, 4.69) is 17.2 Å². The minimum Gasteiger partial charge on any atom is -0.370 e. The van der Waals surface area contributed by atoms with Crippen LogP contribution in [-0.2, 0) is 9.59 Å². The second-order valence-corrected chi connectivity index (χ2v) is 9.37. The topological polar surface area (TPSA) is 137 Å². The summed E-state index contributed by atoms with van der Waals surface area (Å²) >= 11 is 0. The second kappa shape index (κ2) is 23.5. The first-order valence-electron chi connectivity index (χ1n) is 13.6. The van der Waals surface area contributed by atoms with Crippen molar-refractivity contribution in [2.75, 3.05) is 6.54 Å². The van der Waals surface area contributed by atoms with Gasteiger partial charge in [0.2, 0.25) is 11.8 Å². The van der Waals surface area contributed by atoms with Gasteiger partial charge >= 0.3 is 0 Å². The van der Waals surface area contributed by atoms with Crippen LogP contribution < -0.4 is 22.5 Å². The average molecular weight is 468 g/mol. The minimum atomic E-state index is -0.710. The first kappa shape index (κ1) is 31.4. The molecule has 7 N–H and O–H groups in total. The Morgan fingerprint density at radius 3 is 1.55 bits per heavy atom. The number of amides is 2. The maximum atomic E-state index is 11.9. The number of nitrogens with one attached hydrogen (secondary N) is 1. The number of nitrogens with zero attached hydrogens (tertiary/aromatic N) is 1. The van der Waals surface area contributed by atoms with E-state index in [1.807, 2.05) is 0 Å². The van der Waals surface area contributed by atoms with Crippen molar-refractivity contribution in [2.45, 2.75) is 141 Å². The van der Waals surface area contributed by atoms with Crippen LogP contribution in [0.25, 0.3) is 0 Å². The van der Waals surface area contributed by atoms with Gasteiger partial charge in [0.05, 0.1) is 6.04 Å². The molecule has 0 saturated carbocycles. The summed E-state index contributed by atoms with van der Waals surface area (Å²) in [7, 11) is 0. The molecule has 2 amide bonds. The first-order chi connectivity index (χ1) is 16.0. The third-order valence-electron chi connectivity index (χ3n) is 6.07. The summed E-state index contributed by atoms with van der Waals surface area (Å²) in [5.74, 6) is -0.630. The smallest absolute Gasteiger partial charge is 0.243 e. The van der Waals surface area contributed by atoms with Crippen molar-refractivity contribution in [1.29, 1.82) is 0 Å². The average Bonchev–Trinajstić information content (AvgIpc) is 2.78. The molecule has 0 aromatic rings. The first-order valence-corrected chi connectivity index (χ1v) is 13.6. The fourth-order valence-corrected chi connectivity index (χ4v) is 3.95. The van der Waals surface area contributed by atoms with Crippen LogP contribution in [-0.4, -0.2) is 30.4 Å². The molecule has 7 nitrogen and oxygen atoms in total. The van der Waals surface area contributed by atoms with Gasteiger partial charge in [-0.05, 0) is 19.3 Å². The van der Waals surface area contributed by atoms with E-state index in [9.17, 15) is 9.59 Å². The van der Waals surface area contributed by atoms with Crippen LogP contribution in [0, 0.1) is 0 Å². The lowest BCUT2D eigenvalue weighted by Crippen LogP contribution is -2.43. The lowest BCUT2D eigenvalue weighted by atomic mass is 10.0. The third kappa shape index (κ3) is 23.3. The Morgan fingerprint density at radius 1 is 0.697 bits per heavy atom. The Balaban J connectivity index is 3.39. The van der Waals surface area contributed by atoms with E-state index < -0.39 is 11.9 Å². The van der Waals surface area contributed by atoms with Gasteiger partial charge in [-0.15, -0.1) is 0 Å². The lowest BCUT2D eigenvalue weighted by molar-refractivity contribution is -0.131. The van der Waals surface area contributed by atoms with Crippen molar-refractivity contribution in [2.24, 2.45) is 22.2 Å². The Hall–Kier alpha value is -1.63. The van der Waals surface area contributed by atoms with Crippen LogP contribution in [0.5, 0.6) is 0 Å². The van der Waals surface area contributed by atoms with E-state index in [0.717, 1.165) is 19.3 Å². The van der Waals surface area contributed by atoms with Gasteiger partial charge in [0.1, 0.15) is 0 Å². The summed E-state index contributed by atoms with van der Waals surface area (Å²) in [6, 6.07) is -0.710. The summed E-state index contributed by atoms with van der Waals surface area (Å²) in [6.07, 6.45) is 23.6. The molecule has 194 valence electrons. The van der Waals surface area contributed by atoms with Crippen LogP contribution in [0.2, 0.25) is 0 Å². The standard InChI is InChI=1S/C26H53N5O2/c1-2-3-4-5-6-7-8-9-10-11-12-13-14-15-16-17-18-21-24(32)31-25(33)23(27)20-19-22-30-26(28)29/h23H,2-22,27H2,1H3,(H4,28,29,30)(H,31,32,33)/t23-/m0/s1. The number of rotatable bonds is 23. The van der Waals surface area contributed by atoms with Crippen LogP contribution in [0.15, 0.2) is 4.99 Å². The molecule has 0 rings (SSSR count). The highest BCUT2D eigenvalue weighted by Crippen LogP contribution is 2.14. The summed E-state index contributed by atoms with van der Waals surface area (Å²) < 4.78 is 0. The maximum absolute atomic E-state index is 11.9. The molecule has 0 aliphatic carbocycles. The highest BCUT2D eigenvalue weighted by Gasteiger charge is 2.15. The number of nitrogens with two attached hydrogens (primary N) is 3. The van der Waals surface area contributed by atoms with Crippen LogP contribution >= 0.6 is 0 Å². The molecule has 1 atom stereocenters. The highest BCUT2D eigenvalue weighted by molar-refractivity contribution is 5.97. The molecule has 0 unspecified atom stereocenters. The molecule has 0 saturated heterocycles. The molecule has 0 fully saturated rings. The minimum absolute atomic E-state index is 0.0253. The summed E-state index contributed by atoms with van der Waals surface area (Å²) in [4.78, 5) is 27.7. The van der Waals surface area contributed by atoms with Gasteiger partial charge in [-0.3, -0.25) is 19.9 Å². The number of hydrogen-bond acceptors (Lipinski definition) is 4. The summed E-state index contributed by atoms with van der Waals surface area (Å²) in [5, 5.41) is 2.40. The maximum Gasteiger partial charge on any atom is 0.243 e. The predicted octanol–water partition coefficient (Wildman–Crippen LogP) is 5.05. The van der Waals surface area contributed by atoms with Crippen molar-refractivity contribution in [1.82, 2.24) is 5.32 Å². The zero-order valence-electron chi connectivity index (χ0n) is 21.4. The van der Waals surface area contributed by atoms with Crippen molar-refractivity contribution in [3.05, 3.63) is 0 Å². The fraction of sp³-hybridized carbons (Fsp3) is 0.885. The van der Waals surface area contributed by atoms with Crippen molar-refractivity contribution < 1.29 is 9.59 Å². The van der Waals surface area contributed by atoms with Gasteiger partial charge in [-0.25, -0.2) is 0 Å². The van der Waals surface area contributed by atoms with E-state index in [4.69, 9.17) is 17.2 Å². The second-order valence-electron chi connectivity index (χ2n) is 9.37. The summed E-state index contributed by atoms with van der Waals surface area (Å²) in [5.41, 5.74) is 16.3. The van der Waals surface area contributed by atoms with Gasteiger partial charge < -0.3 is 17.2 Å². The molecule has 0 aliphatic heterocycles. The van der Waals surface area contributed by atoms with Crippen molar-refractivity contribution in [3.63, 3.8) is 0 Å². The number of guanidine groups is 1. The number of carbonyl (C=O) groups excluding carboxylic acids is 2. The van der Waals surface area contributed by atoms with Gasteiger partial charge in [-0.2, -0.15) is 0 Å². The van der Waals surface area contributed by atoms with E-state index >= 15 is 0 Å². The van der Waals surface area contributed by atoms with Crippen LogP contribution in [0.4, 0.5) is 0 Å². The molecule has 7 heteroatoms. The summed E-state index contributed by atoms with van der Waals surface area (Å²) in [6.45, 7) is 2.70. The normalized spacial score (nSPS) is 11.8.